The summed E-state index contributed by atoms with van der Waals surface area (Å²) in [6.07, 6.45) is 2.19. The average Bonchev–Trinajstić information content (AvgIpc) is 3.10. The zero-order valence-electron chi connectivity index (χ0n) is 13.2. The van der Waals surface area contributed by atoms with Gasteiger partial charge < -0.3 is 4.90 Å². The van der Waals surface area contributed by atoms with Crippen molar-refractivity contribution in [3.63, 3.8) is 0 Å². The van der Waals surface area contributed by atoms with E-state index in [2.05, 4.69) is 47.3 Å². The summed E-state index contributed by atoms with van der Waals surface area (Å²) >= 11 is 1.71. The first-order valence-corrected chi connectivity index (χ1v) is 8.67. The Kier molecular flexibility index (Phi) is 3.15. The quantitative estimate of drug-likeness (QED) is 0.694. The van der Waals surface area contributed by atoms with Crippen molar-refractivity contribution < 1.29 is 0 Å². The van der Waals surface area contributed by atoms with Crippen molar-refractivity contribution in [2.75, 3.05) is 11.4 Å². The van der Waals surface area contributed by atoms with Crippen LogP contribution in [0.15, 0.2) is 23.6 Å². The molecule has 4 heteroatoms. The molecule has 1 aliphatic rings. The molecule has 2 aromatic heterocycles. The zero-order valence-corrected chi connectivity index (χ0v) is 14.0. The van der Waals surface area contributed by atoms with Crippen LogP contribution in [-0.4, -0.2) is 16.5 Å². The van der Waals surface area contributed by atoms with Crippen LogP contribution in [0.3, 0.4) is 0 Å². The lowest BCUT2D eigenvalue weighted by Gasteiger charge is -2.20. The van der Waals surface area contributed by atoms with E-state index in [0.717, 1.165) is 35.9 Å². The molecule has 1 aromatic carbocycles. The smallest absolute Gasteiger partial charge is 0.145 e. The third kappa shape index (κ3) is 2.02. The molecule has 0 amide bonds. The maximum Gasteiger partial charge on any atom is 0.145 e. The molecule has 1 aliphatic heterocycles. The van der Waals surface area contributed by atoms with Crippen molar-refractivity contribution in [2.24, 2.45) is 0 Å². The Balaban J connectivity index is 1.90. The van der Waals surface area contributed by atoms with Gasteiger partial charge in [0.15, 0.2) is 0 Å². The molecular weight excluding hydrogens is 290 g/mol. The van der Waals surface area contributed by atoms with E-state index in [1.54, 1.807) is 11.3 Å². The van der Waals surface area contributed by atoms with Gasteiger partial charge in [-0.15, -0.1) is 11.3 Å². The summed E-state index contributed by atoms with van der Waals surface area (Å²) in [6.45, 7) is 7.34. The van der Waals surface area contributed by atoms with Crippen LogP contribution in [0, 0.1) is 13.8 Å². The van der Waals surface area contributed by atoms with Gasteiger partial charge in [0.25, 0.3) is 0 Å². The van der Waals surface area contributed by atoms with Crippen LogP contribution in [0.5, 0.6) is 0 Å². The number of anilines is 2. The van der Waals surface area contributed by atoms with E-state index in [1.807, 2.05) is 6.92 Å². The van der Waals surface area contributed by atoms with Crippen LogP contribution in [0.1, 0.15) is 29.4 Å². The number of hydrogen-bond acceptors (Lipinski definition) is 4. The highest BCUT2D eigenvalue weighted by Gasteiger charge is 2.24. The molecule has 0 unspecified atom stereocenters. The van der Waals surface area contributed by atoms with Crippen molar-refractivity contribution in [1.82, 2.24) is 9.97 Å². The van der Waals surface area contributed by atoms with E-state index in [0.29, 0.717) is 0 Å². The molecule has 0 radical (unpaired) electrons. The molecular formula is C18H19N3S. The first kappa shape index (κ1) is 13.7. The van der Waals surface area contributed by atoms with Crippen LogP contribution in [0.2, 0.25) is 0 Å². The molecule has 0 spiro atoms. The van der Waals surface area contributed by atoms with Gasteiger partial charge >= 0.3 is 0 Å². The van der Waals surface area contributed by atoms with Gasteiger partial charge in [0.1, 0.15) is 16.5 Å². The summed E-state index contributed by atoms with van der Waals surface area (Å²) in [4.78, 5) is 12.8. The number of rotatable bonds is 2. The van der Waals surface area contributed by atoms with Gasteiger partial charge in [0.2, 0.25) is 0 Å². The van der Waals surface area contributed by atoms with E-state index in [9.17, 15) is 0 Å². The lowest BCUT2D eigenvalue weighted by Crippen LogP contribution is -2.16. The molecule has 0 saturated carbocycles. The number of aryl methyl sites for hydroxylation is 3. The molecule has 0 aliphatic carbocycles. The van der Waals surface area contributed by atoms with E-state index < -0.39 is 0 Å². The second kappa shape index (κ2) is 5.06. The van der Waals surface area contributed by atoms with Crippen molar-refractivity contribution in [3.05, 3.63) is 46.1 Å². The molecule has 112 valence electrons. The average molecular weight is 309 g/mol. The summed E-state index contributed by atoms with van der Waals surface area (Å²) in [7, 11) is 0. The standard InChI is InChI=1S/C18H19N3S/c1-4-13-5-6-15-14(9-13)7-8-21(15)17-16-11(2)10-22-18(16)20-12(3)19-17/h5-6,9-10H,4,7-8H2,1-3H3. The number of hydrogen-bond donors (Lipinski definition) is 0. The molecule has 4 rings (SSSR count). The second-order valence-electron chi connectivity index (χ2n) is 5.91. The van der Waals surface area contributed by atoms with Gasteiger partial charge in [-0.05, 0) is 54.8 Å². The van der Waals surface area contributed by atoms with Gasteiger partial charge in [-0.1, -0.05) is 19.1 Å². The van der Waals surface area contributed by atoms with Crippen molar-refractivity contribution >= 4 is 33.1 Å². The molecule has 0 saturated heterocycles. The summed E-state index contributed by atoms with van der Waals surface area (Å²) < 4.78 is 0. The number of thiophene rings is 1. The third-order valence-corrected chi connectivity index (χ3v) is 5.40. The second-order valence-corrected chi connectivity index (χ2v) is 6.77. The van der Waals surface area contributed by atoms with Crippen LogP contribution in [0.25, 0.3) is 10.2 Å². The van der Waals surface area contributed by atoms with Crippen molar-refractivity contribution in [3.8, 4) is 0 Å². The molecule has 0 bridgehead atoms. The Morgan fingerprint density at radius 2 is 2.09 bits per heavy atom. The lowest BCUT2D eigenvalue weighted by molar-refractivity contribution is 0.960. The van der Waals surface area contributed by atoms with Crippen LogP contribution in [0.4, 0.5) is 11.5 Å². The van der Waals surface area contributed by atoms with Gasteiger partial charge in [-0.3, -0.25) is 0 Å². The fourth-order valence-electron chi connectivity index (χ4n) is 3.26. The number of aromatic nitrogens is 2. The summed E-state index contributed by atoms with van der Waals surface area (Å²) in [5.41, 5.74) is 5.43. The summed E-state index contributed by atoms with van der Waals surface area (Å²) in [6, 6.07) is 6.84. The lowest BCUT2D eigenvalue weighted by atomic mass is 10.1. The van der Waals surface area contributed by atoms with Crippen molar-refractivity contribution in [2.45, 2.75) is 33.6 Å². The first-order chi connectivity index (χ1) is 10.7. The number of fused-ring (bicyclic) bond motifs is 2. The van der Waals surface area contributed by atoms with Crippen LogP contribution >= 0.6 is 11.3 Å². The Bertz CT molecular complexity index is 866. The highest BCUT2D eigenvalue weighted by molar-refractivity contribution is 7.17. The molecule has 0 fully saturated rings. The van der Waals surface area contributed by atoms with E-state index >= 15 is 0 Å². The predicted molar refractivity (Wildman–Crippen MR) is 93.4 cm³/mol. The van der Waals surface area contributed by atoms with Crippen LogP contribution < -0.4 is 4.90 Å². The minimum Gasteiger partial charge on any atom is -0.325 e. The summed E-state index contributed by atoms with van der Waals surface area (Å²) in [5, 5.41) is 3.39. The maximum atomic E-state index is 4.78. The van der Waals surface area contributed by atoms with Crippen molar-refractivity contribution in [1.29, 1.82) is 0 Å². The zero-order chi connectivity index (χ0) is 15.3. The Morgan fingerprint density at radius 1 is 1.23 bits per heavy atom. The number of nitrogens with zero attached hydrogens (tertiary/aromatic N) is 3. The van der Waals surface area contributed by atoms with Gasteiger partial charge in [-0.2, -0.15) is 0 Å². The topological polar surface area (TPSA) is 29.0 Å². The normalized spacial score (nSPS) is 13.9. The Morgan fingerprint density at radius 3 is 2.91 bits per heavy atom. The Labute approximate surface area is 134 Å². The predicted octanol–water partition coefficient (Wildman–Crippen LogP) is 4.56. The molecule has 22 heavy (non-hydrogen) atoms. The highest BCUT2D eigenvalue weighted by atomic mass is 32.1. The van der Waals surface area contributed by atoms with E-state index in [-0.39, 0.29) is 0 Å². The number of benzene rings is 1. The first-order valence-electron chi connectivity index (χ1n) is 7.79. The van der Waals surface area contributed by atoms with E-state index in [4.69, 9.17) is 4.98 Å². The monoisotopic (exact) mass is 309 g/mol. The molecule has 0 N–H and O–H groups in total. The highest BCUT2D eigenvalue weighted by Crippen LogP contribution is 2.39. The minimum absolute atomic E-state index is 0.850. The fraction of sp³-hybridized carbons (Fsp3) is 0.333. The minimum atomic E-state index is 0.850. The molecule has 3 aromatic rings. The third-order valence-electron chi connectivity index (χ3n) is 4.41. The van der Waals surface area contributed by atoms with Crippen LogP contribution in [-0.2, 0) is 12.8 Å². The fourth-order valence-corrected chi connectivity index (χ4v) is 4.22. The molecule has 0 atom stereocenters. The largest absolute Gasteiger partial charge is 0.325 e. The van der Waals surface area contributed by atoms with Gasteiger partial charge in [0.05, 0.1) is 5.39 Å². The molecule has 3 heterocycles. The SMILES string of the molecule is CCc1ccc2c(c1)CCN2c1nc(C)nc2scc(C)c12. The van der Waals surface area contributed by atoms with E-state index in [1.165, 1.54) is 27.8 Å². The Hall–Kier alpha value is -1.94. The summed E-state index contributed by atoms with van der Waals surface area (Å²) in [5.74, 6) is 1.92. The van der Waals surface area contributed by atoms with Gasteiger partial charge in [-0.25, -0.2) is 9.97 Å². The van der Waals surface area contributed by atoms with Gasteiger partial charge in [0, 0.05) is 12.2 Å². The molecule has 3 nitrogen and oxygen atoms in total. The maximum absolute atomic E-state index is 4.78.